The zero-order valence-electron chi connectivity index (χ0n) is 9.27. The molecule has 0 aromatic heterocycles. The highest BCUT2D eigenvalue weighted by Gasteiger charge is 2.13. The van der Waals surface area contributed by atoms with Crippen LogP contribution in [0.3, 0.4) is 0 Å². The molecule has 2 rings (SSSR count). The van der Waals surface area contributed by atoms with Gasteiger partial charge in [-0.2, -0.15) is 0 Å². The molecule has 0 heterocycles. The molecule has 0 aliphatic heterocycles. The lowest BCUT2D eigenvalue weighted by atomic mass is 10.0. The van der Waals surface area contributed by atoms with Crippen LogP contribution in [0, 0.1) is 0 Å². The van der Waals surface area contributed by atoms with Crippen LogP contribution in [-0.4, -0.2) is 12.2 Å². The maximum Gasteiger partial charge on any atom is 0.0801 e. The molecule has 0 saturated heterocycles. The first kappa shape index (κ1) is 10.7. The van der Waals surface area contributed by atoms with E-state index in [9.17, 15) is 0 Å². The minimum Gasteiger partial charge on any atom is -0.367 e. The minimum atomic E-state index is 0.295. The fourth-order valence-electron chi connectivity index (χ4n) is 2.13. The van der Waals surface area contributed by atoms with Gasteiger partial charge in [0.2, 0.25) is 0 Å². The Balaban J connectivity index is 1.83. The van der Waals surface area contributed by atoms with Crippen LogP contribution in [0.25, 0.3) is 0 Å². The molecular formula is C14H20O. The van der Waals surface area contributed by atoms with Crippen molar-refractivity contribution >= 4 is 0 Å². The molecule has 0 amide bonds. The van der Waals surface area contributed by atoms with Crippen LogP contribution in [0.5, 0.6) is 0 Å². The van der Waals surface area contributed by atoms with Gasteiger partial charge >= 0.3 is 0 Å². The van der Waals surface area contributed by atoms with Crippen molar-refractivity contribution in [3.05, 3.63) is 36.5 Å². The van der Waals surface area contributed by atoms with E-state index in [1.807, 2.05) is 0 Å². The highest BCUT2D eigenvalue weighted by molar-refractivity contribution is 5.12. The second-order valence-electron chi connectivity index (χ2n) is 4.33. The molecule has 0 aromatic rings. The number of hydrogen-bond donors (Lipinski definition) is 0. The van der Waals surface area contributed by atoms with Crippen LogP contribution in [0.4, 0.5) is 0 Å². The largest absolute Gasteiger partial charge is 0.367 e. The summed E-state index contributed by atoms with van der Waals surface area (Å²) in [6, 6.07) is 0. The Hall–Kier alpha value is -0.820. The van der Waals surface area contributed by atoms with Crippen molar-refractivity contribution in [2.75, 3.05) is 0 Å². The summed E-state index contributed by atoms with van der Waals surface area (Å²) in [5, 5.41) is 0. The van der Waals surface area contributed by atoms with Crippen LogP contribution in [0.1, 0.15) is 38.5 Å². The first-order valence-corrected chi connectivity index (χ1v) is 6.10. The summed E-state index contributed by atoms with van der Waals surface area (Å²) in [5.41, 5.74) is 0. The molecule has 0 fully saturated rings. The van der Waals surface area contributed by atoms with E-state index in [4.69, 9.17) is 4.74 Å². The van der Waals surface area contributed by atoms with Gasteiger partial charge in [-0.25, -0.2) is 0 Å². The zero-order valence-corrected chi connectivity index (χ0v) is 9.27. The average Bonchev–Trinajstić information content (AvgIpc) is 2.23. The van der Waals surface area contributed by atoms with Gasteiger partial charge in [-0.3, -0.25) is 0 Å². The fourth-order valence-corrected chi connectivity index (χ4v) is 2.13. The van der Waals surface area contributed by atoms with Gasteiger partial charge in [0.1, 0.15) is 0 Å². The Morgan fingerprint density at radius 1 is 0.867 bits per heavy atom. The van der Waals surface area contributed by atoms with Crippen molar-refractivity contribution in [1.29, 1.82) is 0 Å². The Kier molecular flexibility index (Phi) is 4.22. The summed E-state index contributed by atoms with van der Waals surface area (Å²) >= 11 is 0. The van der Waals surface area contributed by atoms with Gasteiger partial charge in [0.25, 0.3) is 0 Å². The highest BCUT2D eigenvalue weighted by Crippen LogP contribution is 2.18. The number of ether oxygens (including phenoxy) is 1. The van der Waals surface area contributed by atoms with Gasteiger partial charge in [0.15, 0.2) is 0 Å². The normalized spacial score (nSPS) is 31.2. The minimum absolute atomic E-state index is 0.295. The Morgan fingerprint density at radius 2 is 1.87 bits per heavy atom. The molecule has 15 heavy (non-hydrogen) atoms. The highest BCUT2D eigenvalue weighted by atomic mass is 16.5. The van der Waals surface area contributed by atoms with Crippen LogP contribution < -0.4 is 0 Å². The van der Waals surface area contributed by atoms with Crippen molar-refractivity contribution in [2.24, 2.45) is 0 Å². The second kappa shape index (κ2) is 5.92. The molecule has 1 heteroatoms. The molecule has 1 nitrogen and oxygen atoms in total. The third kappa shape index (κ3) is 3.67. The summed E-state index contributed by atoms with van der Waals surface area (Å²) in [6.45, 7) is 0. The standard InChI is InChI=1S/C14H20O/c1-2-5-9-13(10-6-3-1)15-14-11-7-4-8-12-14/h4-5,7-9,11,13-14H,1-3,6,10,12H2. The monoisotopic (exact) mass is 204 g/mol. The van der Waals surface area contributed by atoms with Gasteiger partial charge in [-0.15, -0.1) is 0 Å². The summed E-state index contributed by atoms with van der Waals surface area (Å²) in [4.78, 5) is 0. The molecule has 0 N–H and O–H groups in total. The zero-order chi connectivity index (χ0) is 10.3. The van der Waals surface area contributed by atoms with E-state index in [1.165, 1.54) is 32.1 Å². The van der Waals surface area contributed by atoms with Gasteiger partial charge < -0.3 is 4.74 Å². The van der Waals surface area contributed by atoms with Gasteiger partial charge in [-0.1, -0.05) is 49.3 Å². The van der Waals surface area contributed by atoms with E-state index in [-0.39, 0.29) is 0 Å². The van der Waals surface area contributed by atoms with Crippen LogP contribution >= 0.6 is 0 Å². The maximum absolute atomic E-state index is 6.04. The maximum atomic E-state index is 6.04. The molecule has 2 aliphatic rings. The SMILES string of the molecule is C1=CCC(OC2C=CCCCCC2)C=C1. The van der Waals surface area contributed by atoms with Gasteiger partial charge in [-0.05, 0) is 25.7 Å². The summed E-state index contributed by atoms with van der Waals surface area (Å²) in [7, 11) is 0. The van der Waals surface area contributed by atoms with Gasteiger partial charge in [0.05, 0.1) is 12.2 Å². The van der Waals surface area contributed by atoms with E-state index >= 15 is 0 Å². The first-order chi connectivity index (χ1) is 7.45. The molecule has 0 bridgehead atoms. The van der Waals surface area contributed by atoms with Crippen molar-refractivity contribution in [3.63, 3.8) is 0 Å². The Labute approximate surface area is 92.5 Å². The lowest BCUT2D eigenvalue weighted by Crippen LogP contribution is -2.20. The van der Waals surface area contributed by atoms with E-state index < -0.39 is 0 Å². The molecule has 82 valence electrons. The number of rotatable bonds is 2. The Bertz CT molecular complexity index is 263. The van der Waals surface area contributed by atoms with Crippen molar-refractivity contribution in [3.8, 4) is 0 Å². The third-order valence-electron chi connectivity index (χ3n) is 3.00. The quantitative estimate of drug-likeness (QED) is 0.622. The van der Waals surface area contributed by atoms with Crippen LogP contribution in [0.2, 0.25) is 0 Å². The number of allylic oxidation sites excluding steroid dienone is 3. The predicted molar refractivity (Wildman–Crippen MR) is 63.8 cm³/mol. The average molecular weight is 204 g/mol. The first-order valence-electron chi connectivity index (χ1n) is 6.10. The summed E-state index contributed by atoms with van der Waals surface area (Å²) in [6.07, 6.45) is 21.1. The summed E-state index contributed by atoms with van der Waals surface area (Å²) in [5.74, 6) is 0. The molecule has 2 unspecified atom stereocenters. The fraction of sp³-hybridized carbons (Fsp3) is 0.571. The van der Waals surface area contributed by atoms with E-state index in [1.54, 1.807) is 0 Å². The molecule has 2 atom stereocenters. The predicted octanol–water partition coefficient (Wildman–Crippen LogP) is 3.78. The van der Waals surface area contributed by atoms with Crippen molar-refractivity contribution in [2.45, 2.75) is 50.7 Å². The second-order valence-corrected chi connectivity index (χ2v) is 4.33. The van der Waals surface area contributed by atoms with Crippen molar-refractivity contribution in [1.82, 2.24) is 0 Å². The van der Waals surface area contributed by atoms with Crippen LogP contribution in [0.15, 0.2) is 36.5 Å². The molecule has 0 aromatic carbocycles. The molecule has 0 spiro atoms. The van der Waals surface area contributed by atoms with E-state index in [2.05, 4.69) is 36.5 Å². The molecule has 0 radical (unpaired) electrons. The lowest BCUT2D eigenvalue weighted by Gasteiger charge is -2.22. The number of hydrogen-bond acceptors (Lipinski definition) is 1. The van der Waals surface area contributed by atoms with E-state index in [0.717, 1.165) is 6.42 Å². The lowest BCUT2D eigenvalue weighted by molar-refractivity contribution is 0.0358. The molecule has 2 aliphatic carbocycles. The molecular weight excluding hydrogens is 184 g/mol. The Morgan fingerprint density at radius 3 is 2.73 bits per heavy atom. The molecule has 0 saturated carbocycles. The van der Waals surface area contributed by atoms with Gasteiger partial charge in [0, 0.05) is 0 Å². The third-order valence-corrected chi connectivity index (χ3v) is 3.00. The van der Waals surface area contributed by atoms with Crippen molar-refractivity contribution < 1.29 is 4.74 Å². The van der Waals surface area contributed by atoms with Crippen LogP contribution in [-0.2, 0) is 4.74 Å². The summed E-state index contributed by atoms with van der Waals surface area (Å²) < 4.78 is 6.04. The topological polar surface area (TPSA) is 9.23 Å². The van der Waals surface area contributed by atoms with E-state index in [0.29, 0.717) is 12.2 Å². The smallest absolute Gasteiger partial charge is 0.0801 e.